The molecule has 0 saturated carbocycles. The predicted molar refractivity (Wildman–Crippen MR) is 129 cm³/mol. The Morgan fingerprint density at radius 3 is 2.47 bits per heavy atom. The molecule has 0 spiro atoms. The summed E-state index contributed by atoms with van der Waals surface area (Å²) < 4.78 is 10.7. The van der Waals surface area contributed by atoms with Crippen LogP contribution in [0.5, 0.6) is 11.5 Å². The van der Waals surface area contributed by atoms with Gasteiger partial charge in [-0.3, -0.25) is 19.7 Å². The number of nitrogens with one attached hydrogen (secondary N) is 1. The van der Waals surface area contributed by atoms with Crippen LogP contribution in [-0.4, -0.2) is 47.4 Å². The molecule has 0 aromatic heterocycles. The van der Waals surface area contributed by atoms with Crippen molar-refractivity contribution in [2.75, 3.05) is 13.7 Å². The highest BCUT2D eigenvalue weighted by Crippen LogP contribution is 2.31. The molecule has 0 aliphatic heterocycles. The minimum Gasteiger partial charge on any atom is -0.490 e. The van der Waals surface area contributed by atoms with E-state index in [2.05, 4.69) is 5.32 Å². The molecule has 0 bridgehead atoms. The number of nitro groups is 1. The average molecular weight is 492 g/mol. The monoisotopic (exact) mass is 491 g/mol. The van der Waals surface area contributed by atoms with Crippen molar-refractivity contribution >= 4 is 29.1 Å². The molecule has 2 rings (SSSR count). The lowest BCUT2D eigenvalue weighted by molar-refractivity contribution is -0.385. The fraction of sp³-hybridized carbons (Fsp3) is 0.417. The van der Waals surface area contributed by atoms with Crippen LogP contribution in [0.3, 0.4) is 0 Å². The summed E-state index contributed by atoms with van der Waals surface area (Å²) in [7, 11) is 1.31. The normalized spacial score (nSPS) is 12.4. The summed E-state index contributed by atoms with van der Waals surface area (Å²) in [5, 5.41) is 14.5. The lowest BCUT2D eigenvalue weighted by atomic mass is 10.1. The van der Waals surface area contributed by atoms with Crippen LogP contribution in [0.2, 0.25) is 5.02 Å². The molecule has 0 fully saturated rings. The fourth-order valence-electron chi connectivity index (χ4n) is 3.30. The zero-order valence-corrected chi connectivity index (χ0v) is 20.5. The first kappa shape index (κ1) is 26.9. The van der Waals surface area contributed by atoms with E-state index in [1.165, 1.54) is 30.2 Å². The topological polar surface area (TPSA) is 111 Å². The number of hydrogen-bond donors (Lipinski definition) is 1. The third-order valence-electron chi connectivity index (χ3n) is 5.40. The van der Waals surface area contributed by atoms with Crippen LogP contribution >= 0.6 is 11.6 Å². The van der Waals surface area contributed by atoms with Crippen molar-refractivity contribution in [1.82, 2.24) is 10.2 Å². The second kappa shape index (κ2) is 12.8. The van der Waals surface area contributed by atoms with Crippen LogP contribution in [0.25, 0.3) is 0 Å². The van der Waals surface area contributed by atoms with Crippen molar-refractivity contribution in [3.63, 3.8) is 0 Å². The van der Waals surface area contributed by atoms with E-state index in [1.807, 2.05) is 26.8 Å². The molecule has 2 amide bonds. The molecule has 9 nitrogen and oxygen atoms in total. The van der Waals surface area contributed by atoms with E-state index in [4.69, 9.17) is 21.1 Å². The summed E-state index contributed by atoms with van der Waals surface area (Å²) in [6, 6.07) is 10.3. The van der Waals surface area contributed by atoms with Gasteiger partial charge < -0.3 is 19.7 Å². The Labute approximate surface area is 204 Å². The number of hydrogen-bond acceptors (Lipinski definition) is 6. The van der Waals surface area contributed by atoms with Gasteiger partial charge in [0.1, 0.15) is 11.8 Å². The SMILES string of the molecule is CC[C@@H](C)NC(=O)[C@H](CC)N(Cc1ccccc1Cl)C(=O)COc1ccc([N+](=O)[O-])c(OC)c1. The van der Waals surface area contributed by atoms with Crippen LogP contribution in [0, 0.1) is 10.1 Å². The molecule has 2 atom stereocenters. The molecule has 0 aliphatic carbocycles. The molecule has 10 heteroatoms. The molecule has 0 aliphatic rings. The highest BCUT2D eigenvalue weighted by Gasteiger charge is 2.30. The van der Waals surface area contributed by atoms with E-state index in [0.29, 0.717) is 17.0 Å². The highest BCUT2D eigenvalue weighted by atomic mass is 35.5. The van der Waals surface area contributed by atoms with Crippen LogP contribution in [0.1, 0.15) is 39.2 Å². The quantitative estimate of drug-likeness (QED) is 0.349. The summed E-state index contributed by atoms with van der Waals surface area (Å²) in [6.45, 7) is 5.44. The van der Waals surface area contributed by atoms with E-state index in [0.717, 1.165) is 6.42 Å². The van der Waals surface area contributed by atoms with E-state index in [9.17, 15) is 19.7 Å². The molecule has 1 N–H and O–H groups in total. The molecule has 184 valence electrons. The van der Waals surface area contributed by atoms with Crippen molar-refractivity contribution in [1.29, 1.82) is 0 Å². The summed E-state index contributed by atoms with van der Waals surface area (Å²) in [5.74, 6) is -0.439. The number of carbonyl (C=O) groups excluding carboxylic acids is 2. The van der Waals surface area contributed by atoms with Crippen molar-refractivity contribution in [2.24, 2.45) is 0 Å². The van der Waals surface area contributed by atoms with Crippen LogP contribution in [0.4, 0.5) is 5.69 Å². The summed E-state index contributed by atoms with van der Waals surface area (Å²) in [4.78, 5) is 38.2. The van der Waals surface area contributed by atoms with Gasteiger partial charge in [0.05, 0.1) is 12.0 Å². The van der Waals surface area contributed by atoms with Crippen LogP contribution in [0.15, 0.2) is 42.5 Å². The van der Waals surface area contributed by atoms with Gasteiger partial charge in [-0.25, -0.2) is 0 Å². The van der Waals surface area contributed by atoms with Gasteiger partial charge in [0.25, 0.3) is 5.91 Å². The van der Waals surface area contributed by atoms with Gasteiger partial charge in [-0.05, 0) is 37.5 Å². The lowest BCUT2D eigenvalue weighted by Gasteiger charge is -2.31. The zero-order valence-electron chi connectivity index (χ0n) is 19.7. The smallest absolute Gasteiger partial charge is 0.311 e. The summed E-state index contributed by atoms with van der Waals surface area (Å²) in [6.07, 6.45) is 1.15. The van der Waals surface area contributed by atoms with Gasteiger partial charge in [-0.15, -0.1) is 0 Å². The number of ether oxygens (including phenoxy) is 2. The Morgan fingerprint density at radius 1 is 1.18 bits per heavy atom. The number of methoxy groups -OCH3 is 1. The molecule has 34 heavy (non-hydrogen) atoms. The maximum absolute atomic E-state index is 13.3. The first-order valence-electron chi connectivity index (χ1n) is 11.0. The first-order valence-corrected chi connectivity index (χ1v) is 11.4. The van der Waals surface area contributed by atoms with Gasteiger partial charge in [0.15, 0.2) is 6.61 Å². The highest BCUT2D eigenvalue weighted by molar-refractivity contribution is 6.31. The molecule has 0 radical (unpaired) electrons. The molecular weight excluding hydrogens is 462 g/mol. The third kappa shape index (κ3) is 7.08. The average Bonchev–Trinajstić information content (AvgIpc) is 2.82. The molecule has 2 aromatic carbocycles. The number of amides is 2. The Morgan fingerprint density at radius 2 is 1.88 bits per heavy atom. The van der Waals surface area contributed by atoms with Gasteiger partial charge in [0, 0.05) is 29.7 Å². The second-order valence-electron chi connectivity index (χ2n) is 7.73. The number of benzene rings is 2. The van der Waals surface area contributed by atoms with E-state index >= 15 is 0 Å². The van der Waals surface area contributed by atoms with Gasteiger partial charge in [0.2, 0.25) is 11.7 Å². The Balaban J connectivity index is 2.26. The van der Waals surface area contributed by atoms with Crippen molar-refractivity contribution in [3.8, 4) is 11.5 Å². The number of halogens is 1. The van der Waals surface area contributed by atoms with Gasteiger partial charge >= 0.3 is 5.69 Å². The van der Waals surface area contributed by atoms with Crippen molar-refractivity contribution < 1.29 is 24.0 Å². The molecule has 0 heterocycles. The zero-order chi connectivity index (χ0) is 25.3. The largest absolute Gasteiger partial charge is 0.490 e. The molecule has 2 aromatic rings. The van der Waals surface area contributed by atoms with Crippen molar-refractivity contribution in [3.05, 3.63) is 63.2 Å². The minimum absolute atomic E-state index is 0.0160. The third-order valence-corrected chi connectivity index (χ3v) is 5.76. The van der Waals surface area contributed by atoms with Gasteiger partial charge in [-0.1, -0.05) is 43.6 Å². The predicted octanol–water partition coefficient (Wildman–Crippen LogP) is 4.36. The van der Waals surface area contributed by atoms with Gasteiger partial charge in [-0.2, -0.15) is 0 Å². The van der Waals surface area contributed by atoms with E-state index in [1.54, 1.807) is 18.2 Å². The number of nitrogens with zero attached hydrogens (tertiary/aromatic N) is 2. The van der Waals surface area contributed by atoms with E-state index < -0.39 is 16.9 Å². The summed E-state index contributed by atoms with van der Waals surface area (Å²) in [5.41, 5.74) is 0.485. The van der Waals surface area contributed by atoms with Crippen LogP contribution < -0.4 is 14.8 Å². The first-order chi connectivity index (χ1) is 16.2. The minimum atomic E-state index is -0.729. The maximum atomic E-state index is 13.3. The molecule has 0 unspecified atom stereocenters. The Hall–Kier alpha value is -3.33. The number of carbonyl (C=O) groups is 2. The number of nitro benzene ring substituents is 1. The lowest BCUT2D eigenvalue weighted by Crippen LogP contribution is -2.51. The fourth-order valence-corrected chi connectivity index (χ4v) is 3.49. The standard InChI is InChI=1S/C24H30ClN3O6/c1-5-16(3)26-24(30)20(6-2)27(14-17-9-7-8-10-19(17)25)23(29)15-34-18-11-12-21(28(31)32)22(13-18)33-4/h7-13,16,20H,5-6,14-15H2,1-4H3,(H,26,30)/t16-,20+/m1/s1. The van der Waals surface area contributed by atoms with E-state index in [-0.39, 0.29) is 42.3 Å². The Kier molecular flexibility index (Phi) is 10.1. The molecule has 0 saturated heterocycles. The summed E-state index contributed by atoms with van der Waals surface area (Å²) >= 11 is 6.32. The van der Waals surface area contributed by atoms with Crippen molar-refractivity contribution in [2.45, 2.75) is 52.2 Å². The molecular formula is C24H30ClN3O6. The maximum Gasteiger partial charge on any atom is 0.311 e. The number of rotatable bonds is 12. The second-order valence-corrected chi connectivity index (χ2v) is 8.14. The van der Waals surface area contributed by atoms with Crippen LogP contribution in [-0.2, 0) is 16.1 Å². The Bertz CT molecular complexity index is 1020.